The molecule has 0 saturated heterocycles. The molecule has 5 heteroatoms. The minimum atomic E-state index is -0.973. The summed E-state index contributed by atoms with van der Waals surface area (Å²) in [5.74, 6) is -0.530. The van der Waals surface area contributed by atoms with Gasteiger partial charge in [-0.15, -0.1) is 0 Å². The van der Waals surface area contributed by atoms with Crippen LogP contribution in [0.1, 0.15) is 24.0 Å². The Balaban J connectivity index is 1.56. The van der Waals surface area contributed by atoms with Gasteiger partial charge in [0.05, 0.1) is 11.6 Å². The molecule has 1 aliphatic carbocycles. The lowest BCUT2D eigenvalue weighted by molar-refractivity contribution is -0.134. The predicted molar refractivity (Wildman–Crippen MR) is 94.6 cm³/mol. The van der Waals surface area contributed by atoms with Crippen molar-refractivity contribution in [1.82, 2.24) is 5.32 Å². The van der Waals surface area contributed by atoms with Gasteiger partial charge in [-0.2, -0.15) is 5.26 Å². The highest BCUT2D eigenvalue weighted by Gasteiger charge is 2.56. The van der Waals surface area contributed by atoms with Gasteiger partial charge in [-0.25, -0.2) is 0 Å². The Kier molecular flexibility index (Phi) is 4.80. The monoisotopic (exact) mass is 333 g/mol. The summed E-state index contributed by atoms with van der Waals surface area (Å²) in [6.07, 6.45) is 1.83. The second-order valence-electron chi connectivity index (χ2n) is 6.22. The zero-order valence-electron chi connectivity index (χ0n) is 13.8. The van der Waals surface area contributed by atoms with E-state index in [4.69, 9.17) is 5.26 Å². The van der Waals surface area contributed by atoms with E-state index in [0.29, 0.717) is 30.6 Å². The second-order valence-corrected chi connectivity index (χ2v) is 6.22. The molecule has 5 nitrogen and oxygen atoms in total. The summed E-state index contributed by atoms with van der Waals surface area (Å²) in [5, 5.41) is 14.5. The highest BCUT2D eigenvalue weighted by atomic mass is 16.2. The van der Waals surface area contributed by atoms with Gasteiger partial charge in [0, 0.05) is 12.2 Å². The molecular formula is C20H19N3O2. The molecule has 25 heavy (non-hydrogen) atoms. The topological polar surface area (TPSA) is 82.0 Å². The van der Waals surface area contributed by atoms with Crippen molar-refractivity contribution in [3.63, 3.8) is 0 Å². The standard InChI is InChI=1S/C20H19N3O2/c21-14-16-7-4-8-17(13-16)23-19(25)20(10-11-20)18(24)22-12-9-15-5-2-1-3-6-15/h1-8,13H,9-12H2,(H,22,24)(H,23,25). The Bertz CT molecular complexity index is 820. The number of carbonyl (C=O) groups excluding carboxylic acids is 2. The van der Waals surface area contributed by atoms with Crippen LogP contribution in [0.15, 0.2) is 54.6 Å². The maximum Gasteiger partial charge on any atom is 0.240 e. The second kappa shape index (κ2) is 7.18. The lowest BCUT2D eigenvalue weighted by Crippen LogP contribution is -2.40. The van der Waals surface area contributed by atoms with Gasteiger partial charge < -0.3 is 10.6 Å². The summed E-state index contributed by atoms with van der Waals surface area (Å²) >= 11 is 0. The van der Waals surface area contributed by atoms with Gasteiger partial charge in [0.2, 0.25) is 11.8 Å². The molecule has 1 fully saturated rings. The summed E-state index contributed by atoms with van der Waals surface area (Å²) in [4.78, 5) is 25.0. The van der Waals surface area contributed by atoms with Crippen LogP contribution in [-0.4, -0.2) is 18.4 Å². The van der Waals surface area contributed by atoms with E-state index >= 15 is 0 Å². The van der Waals surface area contributed by atoms with Crippen molar-refractivity contribution in [1.29, 1.82) is 5.26 Å². The van der Waals surface area contributed by atoms with E-state index in [9.17, 15) is 9.59 Å². The van der Waals surface area contributed by atoms with Gasteiger partial charge in [-0.05, 0) is 43.0 Å². The van der Waals surface area contributed by atoms with Gasteiger partial charge >= 0.3 is 0 Å². The zero-order chi connectivity index (χ0) is 17.7. The first-order valence-corrected chi connectivity index (χ1v) is 8.28. The zero-order valence-corrected chi connectivity index (χ0v) is 13.8. The summed E-state index contributed by atoms with van der Waals surface area (Å²) < 4.78 is 0. The molecule has 2 amide bonds. The Labute approximate surface area is 146 Å². The van der Waals surface area contributed by atoms with Crippen molar-refractivity contribution in [2.45, 2.75) is 19.3 Å². The molecule has 0 aromatic heterocycles. The quantitative estimate of drug-likeness (QED) is 0.797. The molecule has 2 aromatic rings. The van der Waals surface area contributed by atoms with E-state index in [1.807, 2.05) is 36.4 Å². The van der Waals surface area contributed by atoms with Gasteiger partial charge in [0.25, 0.3) is 0 Å². The van der Waals surface area contributed by atoms with Crippen LogP contribution in [0.4, 0.5) is 5.69 Å². The Morgan fingerprint density at radius 1 is 1.04 bits per heavy atom. The summed E-state index contributed by atoms with van der Waals surface area (Å²) in [7, 11) is 0. The van der Waals surface area contributed by atoms with E-state index in [0.717, 1.165) is 12.0 Å². The number of benzene rings is 2. The fraction of sp³-hybridized carbons (Fsp3) is 0.250. The first-order chi connectivity index (χ1) is 12.1. The Morgan fingerprint density at radius 3 is 2.48 bits per heavy atom. The van der Waals surface area contributed by atoms with Crippen molar-refractivity contribution in [2.75, 3.05) is 11.9 Å². The minimum Gasteiger partial charge on any atom is -0.355 e. The average Bonchev–Trinajstić information content (AvgIpc) is 3.45. The number of hydrogen-bond acceptors (Lipinski definition) is 3. The highest BCUT2D eigenvalue weighted by molar-refractivity contribution is 6.13. The van der Waals surface area contributed by atoms with Crippen LogP contribution in [-0.2, 0) is 16.0 Å². The summed E-state index contributed by atoms with van der Waals surface area (Å²) in [6.45, 7) is 0.502. The van der Waals surface area contributed by atoms with E-state index in [1.54, 1.807) is 24.3 Å². The first kappa shape index (κ1) is 16.7. The molecule has 0 radical (unpaired) electrons. The number of amides is 2. The van der Waals surface area contributed by atoms with E-state index < -0.39 is 5.41 Å². The van der Waals surface area contributed by atoms with Crippen molar-refractivity contribution >= 4 is 17.5 Å². The van der Waals surface area contributed by atoms with E-state index in [2.05, 4.69) is 10.6 Å². The number of nitrogens with zero attached hydrogens (tertiary/aromatic N) is 1. The highest BCUT2D eigenvalue weighted by Crippen LogP contribution is 2.46. The van der Waals surface area contributed by atoms with Crippen LogP contribution >= 0.6 is 0 Å². The van der Waals surface area contributed by atoms with Crippen LogP contribution in [0.2, 0.25) is 0 Å². The number of carbonyl (C=O) groups is 2. The van der Waals surface area contributed by atoms with Crippen LogP contribution in [0.3, 0.4) is 0 Å². The Hall–Kier alpha value is -3.13. The third-order valence-corrected chi connectivity index (χ3v) is 4.41. The molecule has 1 saturated carbocycles. The number of hydrogen-bond donors (Lipinski definition) is 2. The number of rotatable bonds is 6. The van der Waals surface area contributed by atoms with Gasteiger partial charge in [-0.3, -0.25) is 9.59 Å². The molecule has 2 N–H and O–H groups in total. The maximum absolute atomic E-state index is 12.5. The van der Waals surface area contributed by atoms with Crippen molar-refractivity contribution in [3.8, 4) is 6.07 Å². The number of nitrogens with one attached hydrogen (secondary N) is 2. The number of nitriles is 1. The smallest absolute Gasteiger partial charge is 0.240 e. The first-order valence-electron chi connectivity index (χ1n) is 8.28. The van der Waals surface area contributed by atoms with Gasteiger partial charge in [0.1, 0.15) is 5.41 Å². The molecule has 0 atom stereocenters. The lowest BCUT2D eigenvalue weighted by Gasteiger charge is -2.15. The molecule has 0 heterocycles. The molecule has 0 spiro atoms. The fourth-order valence-corrected chi connectivity index (χ4v) is 2.73. The fourth-order valence-electron chi connectivity index (χ4n) is 2.73. The van der Waals surface area contributed by atoms with Crippen LogP contribution < -0.4 is 10.6 Å². The third kappa shape index (κ3) is 3.86. The normalized spacial score (nSPS) is 14.2. The van der Waals surface area contributed by atoms with Crippen molar-refractivity contribution in [2.24, 2.45) is 5.41 Å². The lowest BCUT2D eigenvalue weighted by atomic mass is 10.0. The van der Waals surface area contributed by atoms with E-state index in [1.165, 1.54) is 0 Å². The Morgan fingerprint density at radius 2 is 1.80 bits per heavy atom. The SMILES string of the molecule is N#Cc1cccc(NC(=O)C2(C(=O)NCCc3ccccc3)CC2)c1. The molecule has 1 aliphatic rings. The number of anilines is 1. The minimum absolute atomic E-state index is 0.225. The van der Waals surface area contributed by atoms with Crippen molar-refractivity contribution < 1.29 is 9.59 Å². The maximum atomic E-state index is 12.5. The molecule has 126 valence electrons. The molecule has 3 rings (SSSR count). The van der Waals surface area contributed by atoms with Gasteiger partial charge in [0.15, 0.2) is 0 Å². The largest absolute Gasteiger partial charge is 0.355 e. The van der Waals surface area contributed by atoms with Crippen LogP contribution in [0.5, 0.6) is 0 Å². The molecule has 0 aliphatic heterocycles. The van der Waals surface area contributed by atoms with Gasteiger partial charge in [-0.1, -0.05) is 36.4 Å². The van der Waals surface area contributed by atoms with Crippen molar-refractivity contribution in [3.05, 3.63) is 65.7 Å². The molecule has 0 unspecified atom stereocenters. The summed E-state index contributed by atoms with van der Waals surface area (Å²) in [5.41, 5.74) is 1.17. The molecule has 0 bridgehead atoms. The van der Waals surface area contributed by atoms with Crippen LogP contribution in [0, 0.1) is 16.7 Å². The molecule has 2 aromatic carbocycles. The van der Waals surface area contributed by atoms with Crippen LogP contribution in [0.25, 0.3) is 0 Å². The third-order valence-electron chi connectivity index (χ3n) is 4.41. The predicted octanol–water partition coefficient (Wildman–Crippen LogP) is 2.64. The van der Waals surface area contributed by atoms with E-state index in [-0.39, 0.29) is 11.8 Å². The molecular weight excluding hydrogens is 314 g/mol. The average molecular weight is 333 g/mol. The summed E-state index contributed by atoms with van der Waals surface area (Å²) in [6, 6.07) is 18.6.